The molecule has 1 unspecified atom stereocenters. The van der Waals surface area contributed by atoms with Gasteiger partial charge in [-0.15, -0.1) is 0 Å². The van der Waals surface area contributed by atoms with Crippen LogP contribution in [0.4, 0.5) is 0 Å². The summed E-state index contributed by atoms with van der Waals surface area (Å²) in [6.45, 7) is 4.54. The molecule has 1 N–H and O–H groups in total. The van der Waals surface area contributed by atoms with Crippen LogP contribution in [-0.4, -0.2) is 23.1 Å². The monoisotopic (exact) mass is 595 g/mol. The van der Waals surface area contributed by atoms with Crippen molar-refractivity contribution < 1.29 is 19.4 Å². The number of rotatable bonds is 35. The smallest absolute Gasteiger partial charge is 0.306 e. The fraction of sp³-hybridized carbons (Fsp3) is 0.947. The van der Waals surface area contributed by atoms with E-state index in [9.17, 15) is 9.59 Å². The molecule has 0 spiro atoms. The summed E-state index contributed by atoms with van der Waals surface area (Å²) in [7, 11) is 0. The Morgan fingerprint density at radius 2 is 0.738 bits per heavy atom. The minimum Gasteiger partial charge on any atom is -0.481 e. The summed E-state index contributed by atoms with van der Waals surface area (Å²) in [5, 5.41) is 9.10. The predicted octanol–water partition coefficient (Wildman–Crippen LogP) is 12.9. The fourth-order valence-corrected chi connectivity index (χ4v) is 6.00. The molecule has 0 aromatic carbocycles. The first kappa shape index (κ1) is 40.9. The van der Waals surface area contributed by atoms with Crippen LogP contribution in [0.3, 0.4) is 0 Å². The van der Waals surface area contributed by atoms with Gasteiger partial charge >= 0.3 is 11.9 Å². The van der Waals surface area contributed by atoms with E-state index in [0.29, 0.717) is 12.8 Å². The Hall–Kier alpha value is -1.06. The number of esters is 1. The number of carbonyl (C=O) groups is 2. The maximum atomic E-state index is 12.4. The predicted molar refractivity (Wildman–Crippen MR) is 181 cm³/mol. The standard InChI is InChI=1S/C38H74O4/c1-3-5-7-9-11-13-15-16-17-18-19-20-21-23-24-26-28-30-32-36(34-35-37(39)40)42-38(41)33-31-29-27-25-22-14-12-10-8-6-4-2/h36H,3-35H2,1-2H3,(H,39,40). The van der Waals surface area contributed by atoms with E-state index in [1.807, 2.05) is 0 Å². The number of unbranched alkanes of at least 4 members (excludes halogenated alkanes) is 27. The maximum Gasteiger partial charge on any atom is 0.306 e. The number of hydrogen-bond acceptors (Lipinski definition) is 3. The number of carboxylic acids is 1. The highest BCUT2D eigenvalue weighted by Crippen LogP contribution is 2.18. The van der Waals surface area contributed by atoms with Crippen molar-refractivity contribution in [1.29, 1.82) is 0 Å². The largest absolute Gasteiger partial charge is 0.481 e. The molecule has 0 rings (SSSR count). The highest BCUT2D eigenvalue weighted by atomic mass is 16.5. The molecular formula is C38H74O4. The first-order valence-corrected chi connectivity index (χ1v) is 19.0. The Bertz CT molecular complexity index is 561. The van der Waals surface area contributed by atoms with Crippen molar-refractivity contribution in [2.45, 2.75) is 232 Å². The van der Waals surface area contributed by atoms with Gasteiger partial charge in [0.25, 0.3) is 0 Å². The number of hydrogen-bond donors (Lipinski definition) is 1. The molecule has 0 aromatic heterocycles. The average molecular weight is 595 g/mol. The van der Waals surface area contributed by atoms with Gasteiger partial charge in [0.1, 0.15) is 6.10 Å². The van der Waals surface area contributed by atoms with Gasteiger partial charge in [-0.05, 0) is 25.7 Å². The zero-order valence-electron chi connectivity index (χ0n) is 28.6. The summed E-state index contributed by atoms with van der Waals surface area (Å²) in [4.78, 5) is 23.5. The molecular weight excluding hydrogens is 520 g/mol. The molecule has 4 heteroatoms. The second kappa shape index (κ2) is 34.4. The van der Waals surface area contributed by atoms with E-state index in [1.165, 1.54) is 161 Å². The van der Waals surface area contributed by atoms with Gasteiger partial charge in [0, 0.05) is 12.8 Å². The molecule has 4 nitrogen and oxygen atoms in total. The zero-order valence-corrected chi connectivity index (χ0v) is 28.6. The molecule has 0 saturated heterocycles. The minimum absolute atomic E-state index is 0.0788. The van der Waals surface area contributed by atoms with Gasteiger partial charge in [-0.25, -0.2) is 0 Å². The molecule has 0 aromatic rings. The summed E-state index contributed by atoms with van der Waals surface area (Å²) in [6, 6.07) is 0. The van der Waals surface area contributed by atoms with Gasteiger partial charge < -0.3 is 9.84 Å². The second-order valence-electron chi connectivity index (χ2n) is 13.1. The van der Waals surface area contributed by atoms with Crippen LogP contribution >= 0.6 is 0 Å². The van der Waals surface area contributed by atoms with Gasteiger partial charge in [0.05, 0.1) is 0 Å². The lowest BCUT2D eigenvalue weighted by Gasteiger charge is -2.17. The fourth-order valence-electron chi connectivity index (χ4n) is 6.00. The lowest BCUT2D eigenvalue weighted by atomic mass is 10.0. The van der Waals surface area contributed by atoms with Crippen LogP contribution in [0.2, 0.25) is 0 Å². The molecule has 0 bridgehead atoms. The Labute approximate surface area is 262 Å². The molecule has 0 radical (unpaired) electrons. The van der Waals surface area contributed by atoms with E-state index >= 15 is 0 Å². The SMILES string of the molecule is CCCCCCCCCCCCCCCCCCCCC(CCC(=O)O)OC(=O)CCCCCCCCCCCCC. The normalized spacial score (nSPS) is 12.0. The first-order valence-electron chi connectivity index (χ1n) is 19.0. The van der Waals surface area contributed by atoms with Gasteiger partial charge in [0.2, 0.25) is 0 Å². The van der Waals surface area contributed by atoms with E-state index < -0.39 is 5.97 Å². The van der Waals surface area contributed by atoms with Gasteiger partial charge in [0.15, 0.2) is 0 Å². The van der Waals surface area contributed by atoms with Crippen molar-refractivity contribution >= 4 is 11.9 Å². The molecule has 0 aliphatic carbocycles. The number of carbonyl (C=O) groups excluding carboxylic acids is 1. The summed E-state index contributed by atoms with van der Waals surface area (Å²) < 4.78 is 5.72. The van der Waals surface area contributed by atoms with Crippen molar-refractivity contribution in [3.8, 4) is 0 Å². The van der Waals surface area contributed by atoms with Crippen LogP contribution < -0.4 is 0 Å². The Morgan fingerprint density at radius 3 is 1.07 bits per heavy atom. The molecule has 0 saturated carbocycles. The van der Waals surface area contributed by atoms with Gasteiger partial charge in [-0.2, -0.15) is 0 Å². The van der Waals surface area contributed by atoms with E-state index in [-0.39, 0.29) is 18.5 Å². The quantitative estimate of drug-likeness (QED) is 0.0585. The maximum absolute atomic E-state index is 12.4. The molecule has 250 valence electrons. The summed E-state index contributed by atoms with van der Waals surface area (Å²) in [5.41, 5.74) is 0. The third-order valence-corrected chi connectivity index (χ3v) is 8.84. The molecule has 0 amide bonds. The third-order valence-electron chi connectivity index (χ3n) is 8.84. The van der Waals surface area contributed by atoms with Crippen molar-refractivity contribution in [2.24, 2.45) is 0 Å². The molecule has 0 fully saturated rings. The summed E-state index contributed by atoms with van der Waals surface area (Å²) in [6.07, 6.45) is 39.8. The lowest BCUT2D eigenvalue weighted by Crippen LogP contribution is -2.19. The minimum atomic E-state index is -0.806. The van der Waals surface area contributed by atoms with Crippen LogP contribution in [0, 0.1) is 0 Å². The zero-order chi connectivity index (χ0) is 30.8. The molecule has 1 atom stereocenters. The first-order chi connectivity index (χ1) is 20.6. The average Bonchev–Trinajstić information content (AvgIpc) is 2.97. The summed E-state index contributed by atoms with van der Waals surface area (Å²) >= 11 is 0. The molecule has 0 aliphatic rings. The van der Waals surface area contributed by atoms with Gasteiger partial charge in [-0.3, -0.25) is 9.59 Å². The topological polar surface area (TPSA) is 63.6 Å². The Balaban J connectivity index is 3.67. The van der Waals surface area contributed by atoms with Crippen molar-refractivity contribution in [1.82, 2.24) is 0 Å². The molecule has 0 heterocycles. The summed E-state index contributed by atoms with van der Waals surface area (Å²) in [5.74, 6) is -0.942. The van der Waals surface area contributed by atoms with Crippen LogP contribution in [-0.2, 0) is 14.3 Å². The van der Waals surface area contributed by atoms with E-state index in [4.69, 9.17) is 9.84 Å². The van der Waals surface area contributed by atoms with E-state index in [2.05, 4.69) is 13.8 Å². The highest BCUT2D eigenvalue weighted by molar-refractivity contribution is 5.69. The Kier molecular flexibility index (Phi) is 33.6. The van der Waals surface area contributed by atoms with Crippen molar-refractivity contribution in [2.75, 3.05) is 0 Å². The van der Waals surface area contributed by atoms with Crippen LogP contribution in [0.25, 0.3) is 0 Å². The van der Waals surface area contributed by atoms with Crippen LogP contribution in [0.1, 0.15) is 226 Å². The molecule has 0 aliphatic heterocycles. The van der Waals surface area contributed by atoms with Crippen molar-refractivity contribution in [3.63, 3.8) is 0 Å². The highest BCUT2D eigenvalue weighted by Gasteiger charge is 2.16. The van der Waals surface area contributed by atoms with Crippen LogP contribution in [0.15, 0.2) is 0 Å². The van der Waals surface area contributed by atoms with Crippen molar-refractivity contribution in [3.05, 3.63) is 0 Å². The molecule has 42 heavy (non-hydrogen) atoms. The number of ether oxygens (including phenoxy) is 1. The second-order valence-corrected chi connectivity index (χ2v) is 13.1. The Morgan fingerprint density at radius 1 is 0.429 bits per heavy atom. The van der Waals surface area contributed by atoms with E-state index in [0.717, 1.165) is 32.1 Å². The lowest BCUT2D eigenvalue weighted by molar-refractivity contribution is -0.151. The van der Waals surface area contributed by atoms with Gasteiger partial charge in [-0.1, -0.05) is 187 Å². The van der Waals surface area contributed by atoms with Crippen LogP contribution in [0.5, 0.6) is 0 Å². The third kappa shape index (κ3) is 33.4. The number of aliphatic carboxylic acids is 1. The number of carboxylic acid groups (broad SMARTS) is 1. The van der Waals surface area contributed by atoms with E-state index in [1.54, 1.807) is 0 Å².